The van der Waals surface area contributed by atoms with E-state index in [2.05, 4.69) is 5.32 Å². The predicted molar refractivity (Wildman–Crippen MR) is 88.5 cm³/mol. The smallest absolute Gasteiger partial charge is 0.337 e. The lowest BCUT2D eigenvalue weighted by molar-refractivity contribution is 0.0698. The molecule has 0 fully saturated rings. The van der Waals surface area contributed by atoms with Gasteiger partial charge in [0, 0.05) is 22.3 Å². The number of ether oxygens (including phenoxy) is 1. The molecule has 0 spiro atoms. The first-order valence-corrected chi connectivity index (χ1v) is 7.47. The number of carbonyl (C=O) groups is 1. The quantitative estimate of drug-likeness (QED) is 0.725. The molecule has 0 aliphatic carbocycles. The van der Waals surface area contributed by atoms with E-state index in [0.717, 1.165) is 0 Å². The van der Waals surface area contributed by atoms with Crippen molar-refractivity contribution < 1.29 is 14.6 Å². The minimum Gasteiger partial charge on any atom is -0.493 e. The molecule has 22 heavy (non-hydrogen) atoms. The van der Waals surface area contributed by atoms with Crippen molar-refractivity contribution in [3.05, 3.63) is 58.1 Å². The van der Waals surface area contributed by atoms with Crippen LogP contribution in [-0.4, -0.2) is 24.2 Å². The zero-order chi connectivity index (χ0) is 15.9. The minimum absolute atomic E-state index is 0.255. The standard InChI is InChI=1S/C16H15Cl2NO3/c17-11-8-12(18)10-13(9-11)22-7-3-6-19-15-5-2-1-4-14(15)16(20)21/h1-2,4-5,8-10,19H,3,6-7H2,(H,20,21). The van der Waals surface area contributed by atoms with Crippen molar-refractivity contribution in [3.63, 3.8) is 0 Å². The van der Waals surface area contributed by atoms with Gasteiger partial charge in [0.15, 0.2) is 0 Å². The second kappa shape index (κ2) is 7.92. The Labute approximate surface area is 138 Å². The van der Waals surface area contributed by atoms with Crippen LogP contribution in [0.5, 0.6) is 5.75 Å². The highest BCUT2D eigenvalue weighted by Gasteiger charge is 2.07. The molecule has 2 rings (SSSR count). The summed E-state index contributed by atoms with van der Waals surface area (Å²) in [5.74, 6) is -0.337. The van der Waals surface area contributed by atoms with Gasteiger partial charge in [-0.1, -0.05) is 35.3 Å². The van der Waals surface area contributed by atoms with Crippen LogP contribution in [0.3, 0.4) is 0 Å². The van der Waals surface area contributed by atoms with E-state index in [1.54, 1.807) is 42.5 Å². The predicted octanol–water partition coefficient (Wildman–Crippen LogP) is 4.57. The molecule has 0 amide bonds. The Morgan fingerprint density at radius 1 is 1.14 bits per heavy atom. The second-order valence-corrected chi connectivity index (χ2v) is 5.46. The number of carboxylic acid groups (broad SMARTS) is 1. The average molecular weight is 340 g/mol. The molecule has 2 aromatic rings. The number of anilines is 1. The Morgan fingerprint density at radius 2 is 1.82 bits per heavy atom. The van der Waals surface area contributed by atoms with Gasteiger partial charge in [-0.05, 0) is 36.8 Å². The lowest BCUT2D eigenvalue weighted by Gasteiger charge is -2.10. The monoisotopic (exact) mass is 339 g/mol. The molecule has 0 aromatic heterocycles. The molecule has 0 aliphatic rings. The molecule has 2 aromatic carbocycles. The zero-order valence-electron chi connectivity index (χ0n) is 11.7. The fourth-order valence-electron chi connectivity index (χ4n) is 1.92. The highest BCUT2D eigenvalue weighted by atomic mass is 35.5. The summed E-state index contributed by atoms with van der Waals surface area (Å²) in [6.07, 6.45) is 0.706. The van der Waals surface area contributed by atoms with Crippen LogP contribution >= 0.6 is 23.2 Å². The Kier molecular flexibility index (Phi) is 5.92. The van der Waals surface area contributed by atoms with E-state index in [0.29, 0.717) is 41.1 Å². The Bertz CT molecular complexity index is 641. The SMILES string of the molecule is O=C(O)c1ccccc1NCCCOc1cc(Cl)cc(Cl)c1. The molecule has 0 aliphatic heterocycles. The van der Waals surface area contributed by atoms with E-state index >= 15 is 0 Å². The van der Waals surface area contributed by atoms with Crippen LogP contribution in [0, 0.1) is 0 Å². The lowest BCUT2D eigenvalue weighted by atomic mass is 10.2. The first-order chi connectivity index (χ1) is 10.6. The van der Waals surface area contributed by atoms with Gasteiger partial charge in [0.2, 0.25) is 0 Å². The van der Waals surface area contributed by atoms with Gasteiger partial charge >= 0.3 is 5.97 Å². The minimum atomic E-state index is -0.951. The molecule has 0 atom stereocenters. The van der Waals surface area contributed by atoms with Gasteiger partial charge < -0.3 is 15.2 Å². The second-order valence-electron chi connectivity index (χ2n) is 4.58. The molecule has 0 heterocycles. The number of nitrogens with one attached hydrogen (secondary N) is 1. The number of aromatic carboxylic acids is 1. The maximum absolute atomic E-state index is 11.1. The number of para-hydroxylation sites is 1. The van der Waals surface area contributed by atoms with Crippen LogP contribution < -0.4 is 10.1 Å². The molecule has 0 radical (unpaired) electrons. The van der Waals surface area contributed by atoms with Gasteiger partial charge in [-0.3, -0.25) is 0 Å². The highest BCUT2D eigenvalue weighted by molar-refractivity contribution is 6.34. The topological polar surface area (TPSA) is 58.6 Å². The van der Waals surface area contributed by atoms with Gasteiger partial charge in [-0.2, -0.15) is 0 Å². The van der Waals surface area contributed by atoms with Crippen molar-refractivity contribution in [2.75, 3.05) is 18.5 Å². The summed E-state index contributed by atoms with van der Waals surface area (Å²) in [5, 5.41) is 13.2. The maximum Gasteiger partial charge on any atom is 0.337 e. The molecule has 2 N–H and O–H groups in total. The molecule has 0 bridgehead atoms. The molecule has 116 valence electrons. The fourth-order valence-corrected chi connectivity index (χ4v) is 2.43. The number of hydrogen-bond acceptors (Lipinski definition) is 3. The maximum atomic E-state index is 11.1. The third-order valence-electron chi connectivity index (χ3n) is 2.90. The van der Waals surface area contributed by atoms with Crippen molar-refractivity contribution in [2.45, 2.75) is 6.42 Å². The van der Waals surface area contributed by atoms with Crippen molar-refractivity contribution in [1.29, 1.82) is 0 Å². The number of benzene rings is 2. The average Bonchev–Trinajstić information content (AvgIpc) is 2.46. The highest BCUT2D eigenvalue weighted by Crippen LogP contribution is 2.24. The van der Waals surface area contributed by atoms with Crippen LogP contribution in [0.1, 0.15) is 16.8 Å². The van der Waals surface area contributed by atoms with Gasteiger partial charge in [-0.15, -0.1) is 0 Å². The van der Waals surface area contributed by atoms with E-state index in [1.807, 2.05) is 0 Å². The zero-order valence-corrected chi connectivity index (χ0v) is 13.2. The molecule has 6 heteroatoms. The summed E-state index contributed by atoms with van der Waals surface area (Å²) >= 11 is 11.8. The third-order valence-corrected chi connectivity index (χ3v) is 3.34. The van der Waals surface area contributed by atoms with Crippen LogP contribution in [0.25, 0.3) is 0 Å². The van der Waals surface area contributed by atoms with E-state index in [9.17, 15) is 4.79 Å². The largest absolute Gasteiger partial charge is 0.493 e. The van der Waals surface area contributed by atoms with E-state index < -0.39 is 5.97 Å². The van der Waals surface area contributed by atoms with Crippen molar-refractivity contribution in [3.8, 4) is 5.75 Å². The van der Waals surface area contributed by atoms with Crippen molar-refractivity contribution in [1.82, 2.24) is 0 Å². The summed E-state index contributed by atoms with van der Waals surface area (Å²) < 4.78 is 5.56. The normalized spacial score (nSPS) is 10.3. The Hall–Kier alpha value is -1.91. The van der Waals surface area contributed by atoms with Gasteiger partial charge in [0.1, 0.15) is 5.75 Å². The van der Waals surface area contributed by atoms with Crippen LogP contribution in [-0.2, 0) is 0 Å². The van der Waals surface area contributed by atoms with Gasteiger partial charge in [-0.25, -0.2) is 4.79 Å². The first kappa shape index (κ1) is 16.5. The van der Waals surface area contributed by atoms with E-state index in [4.69, 9.17) is 33.0 Å². The van der Waals surface area contributed by atoms with Gasteiger partial charge in [0.05, 0.1) is 12.2 Å². The van der Waals surface area contributed by atoms with E-state index in [1.165, 1.54) is 0 Å². The molecule has 0 saturated carbocycles. The fraction of sp³-hybridized carbons (Fsp3) is 0.188. The molecular weight excluding hydrogens is 325 g/mol. The third kappa shape index (κ3) is 4.83. The van der Waals surface area contributed by atoms with Crippen molar-refractivity contribution >= 4 is 34.9 Å². The number of rotatable bonds is 7. The van der Waals surface area contributed by atoms with Crippen molar-refractivity contribution in [2.24, 2.45) is 0 Å². The van der Waals surface area contributed by atoms with Gasteiger partial charge in [0.25, 0.3) is 0 Å². The number of halogens is 2. The summed E-state index contributed by atoms with van der Waals surface area (Å²) in [6, 6.07) is 11.8. The number of carboxylic acids is 1. The van der Waals surface area contributed by atoms with Crippen LogP contribution in [0.15, 0.2) is 42.5 Å². The summed E-state index contributed by atoms with van der Waals surface area (Å²) in [5.41, 5.74) is 0.853. The first-order valence-electron chi connectivity index (χ1n) is 6.71. The summed E-state index contributed by atoms with van der Waals surface area (Å²) in [4.78, 5) is 11.1. The van der Waals surface area contributed by atoms with Crippen LogP contribution in [0.2, 0.25) is 10.0 Å². The lowest BCUT2D eigenvalue weighted by Crippen LogP contribution is -2.10. The summed E-state index contributed by atoms with van der Waals surface area (Å²) in [7, 11) is 0. The molecule has 0 unspecified atom stereocenters. The molecular formula is C16H15Cl2NO3. The summed E-state index contributed by atoms with van der Waals surface area (Å²) in [6.45, 7) is 1.07. The molecule has 0 saturated heterocycles. The number of hydrogen-bond donors (Lipinski definition) is 2. The Balaban J connectivity index is 1.79. The Morgan fingerprint density at radius 3 is 2.50 bits per heavy atom. The van der Waals surface area contributed by atoms with E-state index in [-0.39, 0.29) is 5.56 Å². The van der Waals surface area contributed by atoms with Crippen LogP contribution in [0.4, 0.5) is 5.69 Å². The molecule has 4 nitrogen and oxygen atoms in total.